The van der Waals surface area contributed by atoms with Gasteiger partial charge < -0.3 is 5.11 Å². The predicted octanol–water partition coefficient (Wildman–Crippen LogP) is 2.55. The van der Waals surface area contributed by atoms with E-state index in [-0.39, 0.29) is 0 Å². The minimum atomic E-state index is 0.291. The SMILES string of the molecule is CCCCc1cc(C=O)ccc1O. The molecule has 1 aromatic carbocycles. The van der Waals surface area contributed by atoms with E-state index in [2.05, 4.69) is 6.92 Å². The molecule has 0 aliphatic carbocycles. The van der Waals surface area contributed by atoms with Crippen LogP contribution in [-0.2, 0) is 6.42 Å². The van der Waals surface area contributed by atoms with Gasteiger partial charge in [-0.15, -0.1) is 0 Å². The monoisotopic (exact) mass is 178 g/mol. The third kappa shape index (κ3) is 2.58. The Labute approximate surface area is 78.2 Å². The van der Waals surface area contributed by atoms with Gasteiger partial charge in [-0.1, -0.05) is 13.3 Å². The number of rotatable bonds is 4. The quantitative estimate of drug-likeness (QED) is 0.719. The molecule has 0 spiro atoms. The summed E-state index contributed by atoms with van der Waals surface area (Å²) in [6.45, 7) is 2.10. The molecule has 2 heteroatoms. The summed E-state index contributed by atoms with van der Waals surface area (Å²) in [5.41, 5.74) is 1.50. The van der Waals surface area contributed by atoms with Crippen LogP contribution in [0, 0.1) is 0 Å². The summed E-state index contributed by atoms with van der Waals surface area (Å²) in [6, 6.07) is 4.95. The number of carbonyl (C=O) groups excluding carboxylic acids is 1. The number of phenols is 1. The number of hydrogen-bond acceptors (Lipinski definition) is 2. The van der Waals surface area contributed by atoms with Crippen LogP contribution in [0.5, 0.6) is 5.75 Å². The molecule has 0 aliphatic rings. The highest BCUT2D eigenvalue weighted by atomic mass is 16.3. The maximum atomic E-state index is 10.5. The van der Waals surface area contributed by atoms with E-state index in [0.717, 1.165) is 31.1 Å². The summed E-state index contributed by atoms with van der Waals surface area (Å²) in [5, 5.41) is 9.44. The fourth-order valence-electron chi connectivity index (χ4n) is 1.25. The molecule has 0 unspecified atom stereocenters. The van der Waals surface area contributed by atoms with E-state index in [1.807, 2.05) is 0 Å². The van der Waals surface area contributed by atoms with Crippen molar-refractivity contribution in [3.05, 3.63) is 29.3 Å². The molecule has 0 heterocycles. The smallest absolute Gasteiger partial charge is 0.150 e. The van der Waals surface area contributed by atoms with Gasteiger partial charge in [0.25, 0.3) is 0 Å². The Morgan fingerprint density at radius 1 is 1.46 bits per heavy atom. The van der Waals surface area contributed by atoms with Crippen LogP contribution in [0.2, 0.25) is 0 Å². The van der Waals surface area contributed by atoms with Gasteiger partial charge in [-0.3, -0.25) is 4.79 Å². The molecule has 1 aromatic rings. The maximum Gasteiger partial charge on any atom is 0.150 e. The van der Waals surface area contributed by atoms with Crippen molar-refractivity contribution in [2.75, 3.05) is 0 Å². The van der Waals surface area contributed by atoms with Crippen molar-refractivity contribution >= 4 is 6.29 Å². The van der Waals surface area contributed by atoms with Crippen LogP contribution in [-0.4, -0.2) is 11.4 Å². The Hall–Kier alpha value is -1.31. The lowest BCUT2D eigenvalue weighted by Crippen LogP contribution is -1.88. The van der Waals surface area contributed by atoms with Crippen LogP contribution < -0.4 is 0 Å². The summed E-state index contributed by atoms with van der Waals surface area (Å²) in [7, 11) is 0. The molecule has 0 atom stereocenters. The van der Waals surface area contributed by atoms with E-state index in [4.69, 9.17) is 0 Å². The number of benzene rings is 1. The second-order valence-electron chi connectivity index (χ2n) is 3.11. The molecule has 1 rings (SSSR count). The van der Waals surface area contributed by atoms with Crippen LogP contribution in [0.3, 0.4) is 0 Å². The molecule has 13 heavy (non-hydrogen) atoms. The number of phenolic OH excluding ortho intramolecular Hbond substituents is 1. The maximum absolute atomic E-state index is 10.5. The van der Waals surface area contributed by atoms with E-state index in [1.165, 1.54) is 0 Å². The first-order valence-electron chi connectivity index (χ1n) is 4.55. The predicted molar refractivity (Wildman–Crippen MR) is 52.1 cm³/mol. The number of hydrogen-bond donors (Lipinski definition) is 1. The number of aromatic hydroxyl groups is 1. The normalized spacial score (nSPS) is 9.92. The molecule has 0 aliphatic heterocycles. The molecule has 0 bridgehead atoms. The Balaban J connectivity index is 2.83. The lowest BCUT2D eigenvalue weighted by Gasteiger charge is -2.03. The highest BCUT2D eigenvalue weighted by molar-refractivity contribution is 5.75. The zero-order valence-corrected chi connectivity index (χ0v) is 7.79. The second kappa shape index (κ2) is 4.65. The van der Waals surface area contributed by atoms with Gasteiger partial charge in [0.15, 0.2) is 0 Å². The Morgan fingerprint density at radius 2 is 2.23 bits per heavy atom. The van der Waals surface area contributed by atoms with Crippen molar-refractivity contribution in [2.45, 2.75) is 26.2 Å². The van der Waals surface area contributed by atoms with Crippen LogP contribution in [0.4, 0.5) is 0 Å². The molecule has 0 fully saturated rings. The summed E-state index contributed by atoms with van der Waals surface area (Å²) in [4.78, 5) is 10.5. The van der Waals surface area contributed by atoms with Gasteiger partial charge in [0.05, 0.1) is 0 Å². The minimum Gasteiger partial charge on any atom is -0.508 e. The molecule has 0 radical (unpaired) electrons. The topological polar surface area (TPSA) is 37.3 Å². The molecular weight excluding hydrogens is 164 g/mol. The largest absolute Gasteiger partial charge is 0.508 e. The van der Waals surface area contributed by atoms with Gasteiger partial charge in [0, 0.05) is 5.56 Å². The first-order valence-corrected chi connectivity index (χ1v) is 4.55. The lowest BCUT2D eigenvalue weighted by molar-refractivity contribution is 0.112. The molecule has 70 valence electrons. The van der Waals surface area contributed by atoms with Crippen LogP contribution in [0.1, 0.15) is 35.7 Å². The Bertz CT molecular complexity index is 292. The summed E-state index contributed by atoms with van der Waals surface area (Å²) >= 11 is 0. The zero-order chi connectivity index (χ0) is 9.68. The summed E-state index contributed by atoms with van der Waals surface area (Å²) < 4.78 is 0. The molecule has 0 saturated carbocycles. The average Bonchev–Trinajstić information content (AvgIpc) is 2.17. The van der Waals surface area contributed by atoms with Gasteiger partial charge in [-0.05, 0) is 36.6 Å². The number of aryl methyl sites for hydroxylation is 1. The van der Waals surface area contributed by atoms with Gasteiger partial charge in [0.1, 0.15) is 12.0 Å². The minimum absolute atomic E-state index is 0.291. The van der Waals surface area contributed by atoms with Crippen molar-refractivity contribution < 1.29 is 9.90 Å². The number of unbranched alkanes of at least 4 members (excludes halogenated alkanes) is 1. The third-order valence-electron chi connectivity index (χ3n) is 2.04. The van der Waals surface area contributed by atoms with Crippen LogP contribution in [0.25, 0.3) is 0 Å². The summed E-state index contributed by atoms with van der Waals surface area (Å²) in [5.74, 6) is 0.291. The molecule has 1 N–H and O–H groups in total. The van der Waals surface area contributed by atoms with E-state index < -0.39 is 0 Å². The molecule has 0 amide bonds. The zero-order valence-electron chi connectivity index (χ0n) is 7.79. The molecule has 0 aromatic heterocycles. The fourth-order valence-corrected chi connectivity index (χ4v) is 1.25. The fraction of sp³-hybridized carbons (Fsp3) is 0.364. The van der Waals surface area contributed by atoms with Gasteiger partial charge >= 0.3 is 0 Å². The van der Waals surface area contributed by atoms with Crippen LogP contribution in [0.15, 0.2) is 18.2 Å². The Kier molecular flexibility index (Phi) is 3.50. The highest BCUT2D eigenvalue weighted by Crippen LogP contribution is 2.19. The lowest BCUT2D eigenvalue weighted by atomic mass is 10.0. The number of aldehydes is 1. The van der Waals surface area contributed by atoms with Crippen molar-refractivity contribution in [1.29, 1.82) is 0 Å². The second-order valence-corrected chi connectivity index (χ2v) is 3.11. The van der Waals surface area contributed by atoms with Crippen molar-refractivity contribution in [3.63, 3.8) is 0 Å². The average molecular weight is 178 g/mol. The Morgan fingerprint density at radius 3 is 2.85 bits per heavy atom. The standard InChI is InChI=1S/C11H14O2/c1-2-3-4-10-7-9(8-12)5-6-11(10)13/h5-8,13H,2-4H2,1H3. The van der Waals surface area contributed by atoms with E-state index in [0.29, 0.717) is 11.3 Å². The van der Waals surface area contributed by atoms with E-state index in [1.54, 1.807) is 18.2 Å². The van der Waals surface area contributed by atoms with E-state index in [9.17, 15) is 9.90 Å². The summed E-state index contributed by atoms with van der Waals surface area (Å²) in [6.07, 6.45) is 3.76. The molecular formula is C11H14O2. The van der Waals surface area contributed by atoms with Crippen LogP contribution >= 0.6 is 0 Å². The highest BCUT2D eigenvalue weighted by Gasteiger charge is 2.01. The third-order valence-corrected chi connectivity index (χ3v) is 2.04. The van der Waals surface area contributed by atoms with E-state index >= 15 is 0 Å². The van der Waals surface area contributed by atoms with Crippen molar-refractivity contribution in [1.82, 2.24) is 0 Å². The number of carbonyl (C=O) groups is 1. The molecule has 0 saturated heterocycles. The van der Waals surface area contributed by atoms with Gasteiger partial charge in [0.2, 0.25) is 0 Å². The van der Waals surface area contributed by atoms with Crippen molar-refractivity contribution in [3.8, 4) is 5.75 Å². The van der Waals surface area contributed by atoms with Crippen molar-refractivity contribution in [2.24, 2.45) is 0 Å². The van der Waals surface area contributed by atoms with Gasteiger partial charge in [-0.2, -0.15) is 0 Å². The van der Waals surface area contributed by atoms with Gasteiger partial charge in [-0.25, -0.2) is 0 Å². The first-order chi connectivity index (χ1) is 6.27. The molecule has 2 nitrogen and oxygen atoms in total. The first kappa shape index (κ1) is 9.78.